The van der Waals surface area contributed by atoms with E-state index in [0.717, 1.165) is 54.3 Å². The van der Waals surface area contributed by atoms with Crippen LogP contribution in [0.4, 0.5) is 4.39 Å². The molecule has 0 radical (unpaired) electrons. The first-order valence-corrected chi connectivity index (χ1v) is 8.27. The third kappa shape index (κ3) is 3.39. The van der Waals surface area contributed by atoms with Crippen LogP contribution in [0.2, 0.25) is 0 Å². The zero-order valence-electron chi connectivity index (χ0n) is 14.0. The van der Waals surface area contributed by atoms with Crippen LogP contribution in [-0.4, -0.2) is 31.4 Å². The Bertz CT molecular complexity index is 898. The Kier molecular flexibility index (Phi) is 4.19. The molecule has 0 fully saturated rings. The van der Waals surface area contributed by atoms with Crippen LogP contribution in [0.5, 0.6) is 0 Å². The van der Waals surface area contributed by atoms with Crippen molar-refractivity contribution >= 4 is 0 Å². The van der Waals surface area contributed by atoms with Crippen molar-refractivity contribution < 1.29 is 4.39 Å². The summed E-state index contributed by atoms with van der Waals surface area (Å²) in [6.45, 7) is 4.20. The van der Waals surface area contributed by atoms with Crippen LogP contribution in [0.25, 0.3) is 11.4 Å². The maximum Gasteiger partial charge on any atom is 0.215 e. The van der Waals surface area contributed by atoms with E-state index in [0.29, 0.717) is 5.56 Å². The third-order valence-corrected chi connectivity index (χ3v) is 4.43. The molecular weight excluding hydrogens is 317 g/mol. The fraction of sp³-hybridized carbons (Fsp3) is 0.263. The van der Waals surface area contributed by atoms with E-state index >= 15 is 0 Å². The summed E-state index contributed by atoms with van der Waals surface area (Å²) in [4.78, 5) is 19.4. The number of aryl methyl sites for hydroxylation is 1. The first kappa shape index (κ1) is 15.8. The Labute approximate surface area is 145 Å². The molecule has 0 aliphatic carbocycles. The van der Waals surface area contributed by atoms with Crippen molar-refractivity contribution in [2.45, 2.75) is 26.4 Å². The summed E-state index contributed by atoms with van der Waals surface area (Å²) < 4.78 is 13.3. The average molecular weight is 335 g/mol. The van der Waals surface area contributed by atoms with E-state index in [-0.39, 0.29) is 0 Å². The van der Waals surface area contributed by atoms with E-state index in [1.807, 2.05) is 24.4 Å². The summed E-state index contributed by atoms with van der Waals surface area (Å²) in [6, 6.07) is 5.70. The second kappa shape index (κ2) is 6.64. The lowest BCUT2D eigenvalue weighted by Crippen LogP contribution is -2.31. The topological polar surface area (TPSA) is 54.8 Å². The fourth-order valence-corrected chi connectivity index (χ4v) is 3.11. The fourth-order valence-electron chi connectivity index (χ4n) is 3.11. The molecule has 4 rings (SSSR count). The molecule has 6 heteroatoms. The number of aromatic nitrogens is 4. The van der Waals surface area contributed by atoms with Gasteiger partial charge in [-0.25, -0.2) is 15.0 Å². The summed E-state index contributed by atoms with van der Waals surface area (Å²) in [6.07, 6.45) is 7.90. The quantitative estimate of drug-likeness (QED) is 0.689. The van der Waals surface area contributed by atoms with Gasteiger partial charge in [-0.15, -0.1) is 0 Å². The van der Waals surface area contributed by atoms with Gasteiger partial charge in [-0.1, -0.05) is 0 Å². The normalized spacial score (nSPS) is 14.3. The minimum Gasteiger partial charge on any atom is -0.294 e. The van der Waals surface area contributed by atoms with Crippen LogP contribution in [0, 0.1) is 12.9 Å². The summed E-state index contributed by atoms with van der Waals surface area (Å²) in [5.74, 6) is 0.345. The molecule has 0 bridgehead atoms. The number of rotatable bonds is 3. The van der Waals surface area contributed by atoms with Gasteiger partial charge in [0.1, 0.15) is 0 Å². The first-order valence-electron chi connectivity index (χ1n) is 8.27. The van der Waals surface area contributed by atoms with E-state index in [9.17, 15) is 4.39 Å². The van der Waals surface area contributed by atoms with Crippen molar-refractivity contribution in [3.63, 3.8) is 0 Å². The van der Waals surface area contributed by atoms with Crippen molar-refractivity contribution in [2.75, 3.05) is 6.54 Å². The van der Waals surface area contributed by atoms with Crippen molar-refractivity contribution in [1.82, 2.24) is 24.8 Å². The summed E-state index contributed by atoms with van der Waals surface area (Å²) in [5.41, 5.74) is 4.84. The third-order valence-electron chi connectivity index (χ3n) is 4.43. The SMILES string of the molecule is Cc1cc(CN2CCc3nc(-c4ccncc4)ncc3C2)cnc1F. The number of hydrogen-bond acceptors (Lipinski definition) is 5. The molecule has 0 saturated heterocycles. The molecule has 0 N–H and O–H groups in total. The summed E-state index contributed by atoms with van der Waals surface area (Å²) in [7, 11) is 0. The molecule has 1 aliphatic heterocycles. The van der Waals surface area contributed by atoms with Gasteiger partial charge in [-0.05, 0) is 30.7 Å². The second-order valence-corrected chi connectivity index (χ2v) is 6.31. The lowest BCUT2D eigenvalue weighted by atomic mass is 10.1. The highest BCUT2D eigenvalue weighted by molar-refractivity contribution is 5.54. The van der Waals surface area contributed by atoms with E-state index in [4.69, 9.17) is 4.98 Å². The second-order valence-electron chi connectivity index (χ2n) is 6.31. The smallest absolute Gasteiger partial charge is 0.215 e. The lowest BCUT2D eigenvalue weighted by Gasteiger charge is -2.28. The molecule has 0 spiro atoms. The predicted octanol–water partition coefficient (Wildman–Crippen LogP) is 2.94. The van der Waals surface area contributed by atoms with Gasteiger partial charge in [-0.3, -0.25) is 9.88 Å². The number of halogens is 1. The highest BCUT2D eigenvalue weighted by atomic mass is 19.1. The number of pyridine rings is 2. The molecule has 3 aromatic heterocycles. The molecule has 1 aliphatic rings. The molecule has 4 heterocycles. The first-order chi connectivity index (χ1) is 12.2. The Morgan fingerprint density at radius 1 is 1.16 bits per heavy atom. The highest BCUT2D eigenvalue weighted by Gasteiger charge is 2.19. The zero-order valence-corrected chi connectivity index (χ0v) is 14.0. The molecule has 25 heavy (non-hydrogen) atoms. The van der Waals surface area contributed by atoms with Gasteiger partial charge in [0.25, 0.3) is 0 Å². The van der Waals surface area contributed by atoms with Crippen LogP contribution >= 0.6 is 0 Å². The molecular formula is C19H18FN5. The van der Waals surface area contributed by atoms with E-state index in [2.05, 4.69) is 19.9 Å². The monoisotopic (exact) mass is 335 g/mol. The van der Waals surface area contributed by atoms with Gasteiger partial charge in [-0.2, -0.15) is 4.39 Å². The minimum absolute atomic E-state index is 0.398. The van der Waals surface area contributed by atoms with Crippen LogP contribution in [0.3, 0.4) is 0 Å². The van der Waals surface area contributed by atoms with Crippen molar-refractivity contribution in [3.8, 4) is 11.4 Å². The number of nitrogens with zero attached hydrogens (tertiary/aromatic N) is 5. The maximum absolute atomic E-state index is 13.3. The minimum atomic E-state index is -0.398. The van der Waals surface area contributed by atoms with Gasteiger partial charge in [0.15, 0.2) is 5.82 Å². The van der Waals surface area contributed by atoms with Crippen molar-refractivity contribution in [1.29, 1.82) is 0 Å². The van der Waals surface area contributed by atoms with Gasteiger partial charge in [0, 0.05) is 67.5 Å². The van der Waals surface area contributed by atoms with Crippen LogP contribution < -0.4 is 0 Å². The van der Waals surface area contributed by atoms with Gasteiger partial charge in [0.05, 0.1) is 5.69 Å². The lowest BCUT2D eigenvalue weighted by molar-refractivity contribution is 0.242. The van der Waals surface area contributed by atoms with Gasteiger partial charge >= 0.3 is 0 Å². The van der Waals surface area contributed by atoms with Crippen LogP contribution in [0.15, 0.2) is 43.0 Å². The standard InChI is InChI=1S/C19H18FN5/c1-13-8-14(9-22-18(13)20)11-25-7-4-17-16(12-25)10-23-19(24-17)15-2-5-21-6-3-15/h2-3,5-6,8-10H,4,7,11-12H2,1H3. The Balaban J connectivity index is 1.51. The molecule has 0 atom stereocenters. The highest BCUT2D eigenvalue weighted by Crippen LogP contribution is 2.22. The molecule has 0 saturated carbocycles. The predicted molar refractivity (Wildman–Crippen MR) is 92.0 cm³/mol. The van der Waals surface area contributed by atoms with Gasteiger partial charge in [0.2, 0.25) is 5.95 Å². The molecule has 5 nitrogen and oxygen atoms in total. The van der Waals surface area contributed by atoms with Crippen LogP contribution in [-0.2, 0) is 19.5 Å². The summed E-state index contributed by atoms with van der Waals surface area (Å²) >= 11 is 0. The summed E-state index contributed by atoms with van der Waals surface area (Å²) in [5, 5.41) is 0. The largest absolute Gasteiger partial charge is 0.294 e. The molecule has 126 valence electrons. The number of hydrogen-bond donors (Lipinski definition) is 0. The maximum atomic E-state index is 13.3. The van der Waals surface area contributed by atoms with Crippen LogP contribution in [0.1, 0.15) is 22.4 Å². The van der Waals surface area contributed by atoms with E-state index < -0.39 is 5.95 Å². The Morgan fingerprint density at radius 2 is 2.00 bits per heavy atom. The van der Waals surface area contributed by atoms with Crippen molar-refractivity contribution in [3.05, 3.63) is 71.3 Å². The Morgan fingerprint density at radius 3 is 2.80 bits per heavy atom. The zero-order chi connectivity index (χ0) is 17.2. The van der Waals surface area contributed by atoms with Crippen molar-refractivity contribution in [2.24, 2.45) is 0 Å². The molecule has 0 unspecified atom stereocenters. The number of fused-ring (bicyclic) bond motifs is 1. The van der Waals surface area contributed by atoms with E-state index in [1.54, 1.807) is 25.5 Å². The molecule has 0 amide bonds. The van der Waals surface area contributed by atoms with Gasteiger partial charge < -0.3 is 0 Å². The average Bonchev–Trinajstić information content (AvgIpc) is 2.65. The molecule has 3 aromatic rings. The molecule has 0 aromatic carbocycles. The Hall–Kier alpha value is -2.73. The van der Waals surface area contributed by atoms with E-state index in [1.165, 1.54) is 0 Å².